The Morgan fingerprint density at radius 1 is 0.900 bits per heavy atom. The number of hydrogen-bond acceptors (Lipinski definition) is 4. The number of rotatable bonds is 8. The highest BCUT2D eigenvalue weighted by molar-refractivity contribution is 8.00. The van der Waals surface area contributed by atoms with E-state index in [0.29, 0.717) is 11.5 Å². The summed E-state index contributed by atoms with van der Waals surface area (Å²) < 4.78 is 10.7. The molecular formula is C25H27NO3S. The van der Waals surface area contributed by atoms with Gasteiger partial charge in [0, 0.05) is 4.90 Å². The summed E-state index contributed by atoms with van der Waals surface area (Å²) in [5.74, 6) is 1.30. The maximum Gasteiger partial charge on any atom is 0.233 e. The zero-order valence-corrected chi connectivity index (χ0v) is 18.5. The average Bonchev–Trinajstić information content (AvgIpc) is 2.78. The highest BCUT2D eigenvalue weighted by Crippen LogP contribution is 2.34. The van der Waals surface area contributed by atoms with Gasteiger partial charge in [0.1, 0.15) is 0 Å². The number of ether oxygens (including phenoxy) is 2. The van der Waals surface area contributed by atoms with Crippen LogP contribution in [0.15, 0.2) is 77.7 Å². The molecule has 0 saturated carbocycles. The molecule has 2 atom stereocenters. The van der Waals surface area contributed by atoms with Crippen LogP contribution in [-0.4, -0.2) is 25.4 Å². The summed E-state index contributed by atoms with van der Waals surface area (Å²) in [5.41, 5.74) is 3.30. The lowest BCUT2D eigenvalue weighted by Crippen LogP contribution is -2.35. The van der Waals surface area contributed by atoms with E-state index in [1.165, 1.54) is 11.8 Å². The fourth-order valence-electron chi connectivity index (χ4n) is 3.30. The molecule has 3 aromatic carbocycles. The van der Waals surface area contributed by atoms with Crippen molar-refractivity contribution in [2.24, 2.45) is 0 Å². The molecule has 0 aromatic heterocycles. The molecule has 1 N–H and O–H groups in total. The number of amides is 1. The normalized spacial score (nSPS) is 12.7. The average molecular weight is 422 g/mol. The Bertz CT molecular complexity index is 991. The van der Waals surface area contributed by atoms with E-state index in [1.807, 2.05) is 67.6 Å². The molecule has 0 aliphatic heterocycles. The van der Waals surface area contributed by atoms with Crippen LogP contribution in [0.5, 0.6) is 11.5 Å². The van der Waals surface area contributed by atoms with Crippen molar-refractivity contribution in [3.63, 3.8) is 0 Å². The highest BCUT2D eigenvalue weighted by atomic mass is 32.2. The first-order chi connectivity index (χ1) is 14.5. The summed E-state index contributed by atoms with van der Waals surface area (Å²) in [6, 6.07) is 23.7. The predicted octanol–water partition coefficient (Wildman–Crippen LogP) is 5.40. The van der Waals surface area contributed by atoms with E-state index in [1.54, 1.807) is 14.2 Å². The van der Waals surface area contributed by atoms with Crippen LogP contribution in [0.2, 0.25) is 0 Å². The lowest BCUT2D eigenvalue weighted by atomic mass is 9.95. The minimum absolute atomic E-state index is 0.0214. The Balaban J connectivity index is 1.80. The van der Waals surface area contributed by atoms with Crippen molar-refractivity contribution < 1.29 is 14.3 Å². The van der Waals surface area contributed by atoms with Crippen LogP contribution in [0, 0.1) is 6.92 Å². The molecule has 156 valence electrons. The van der Waals surface area contributed by atoms with Crippen LogP contribution < -0.4 is 14.8 Å². The Labute approximate surface area is 182 Å². The molecule has 0 unspecified atom stereocenters. The number of methoxy groups -OCH3 is 2. The van der Waals surface area contributed by atoms with Crippen LogP contribution in [0.25, 0.3) is 0 Å². The first kappa shape index (κ1) is 21.8. The van der Waals surface area contributed by atoms with Crippen molar-refractivity contribution in [2.45, 2.75) is 30.0 Å². The molecular weight excluding hydrogens is 394 g/mol. The van der Waals surface area contributed by atoms with Gasteiger partial charge in [0.2, 0.25) is 5.91 Å². The topological polar surface area (TPSA) is 47.6 Å². The van der Waals surface area contributed by atoms with Crippen molar-refractivity contribution in [2.75, 3.05) is 14.2 Å². The first-order valence-corrected chi connectivity index (χ1v) is 10.7. The summed E-state index contributed by atoms with van der Waals surface area (Å²) in [4.78, 5) is 14.1. The Morgan fingerprint density at radius 3 is 2.23 bits per heavy atom. The van der Waals surface area contributed by atoms with Crippen LogP contribution in [-0.2, 0) is 4.79 Å². The standard InChI is InChI=1S/C25H27NO3S/c1-17-10-8-9-13-21(17)24(19-11-6-5-7-12-19)26-25(27)18(2)30-20-14-15-22(28-3)23(16-20)29-4/h5-16,18,24H,1-4H3,(H,26,27)/t18-,24-/m0/s1. The molecule has 30 heavy (non-hydrogen) atoms. The van der Waals surface area contributed by atoms with E-state index in [-0.39, 0.29) is 17.2 Å². The largest absolute Gasteiger partial charge is 0.493 e. The second-order valence-electron chi connectivity index (χ2n) is 6.99. The Morgan fingerprint density at radius 2 is 1.57 bits per heavy atom. The molecule has 0 spiro atoms. The predicted molar refractivity (Wildman–Crippen MR) is 122 cm³/mol. The molecule has 0 bridgehead atoms. The van der Waals surface area contributed by atoms with Crippen molar-refractivity contribution in [3.05, 3.63) is 89.5 Å². The quantitative estimate of drug-likeness (QED) is 0.495. The molecule has 3 rings (SSSR count). The number of benzene rings is 3. The number of aryl methyl sites for hydroxylation is 1. The molecule has 0 saturated heterocycles. The summed E-state index contributed by atoms with van der Waals surface area (Å²) in [6.07, 6.45) is 0. The van der Waals surface area contributed by atoms with Crippen molar-refractivity contribution in [3.8, 4) is 11.5 Å². The summed E-state index contributed by atoms with van der Waals surface area (Å²) in [6.45, 7) is 3.98. The maximum absolute atomic E-state index is 13.1. The van der Waals surface area contributed by atoms with Gasteiger partial charge >= 0.3 is 0 Å². The lowest BCUT2D eigenvalue weighted by Gasteiger charge is -2.23. The molecule has 0 fully saturated rings. The van der Waals surface area contributed by atoms with Gasteiger partial charge in [-0.1, -0.05) is 54.6 Å². The van der Waals surface area contributed by atoms with Gasteiger partial charge in [-0.05, 0) is 48.7 Å². The number of hydrogen-bond donors (Lipinski definition) is 1. The van der Waals surface area contributed by atoms with Gasteiger partial charge in [-0.15, -0.1) is 11.8 Å². The molecule has 3 aromatic rings. The lowest BCUT2D eigenvalue weighted by molar-refractivity contribution is -0.120. The first-order valence-electron chi connectivity index (χ1n) is 9.83. The van der Waals surface area contributed by atoms with Crippen LogP contribution in [0.1, 0.15) is 29.7 Å². The van der Waals surface area contributed by atoms with E-state index >= 15 is 0 Å². The third-order valence-electron chi connectivity index (χ3n) is 4.96. The molecule has 4 nitrogen and oxygen atoms in total. The number of carbonyl (C=O) groups is 1. The fourth-order valence-corrected chi connectivity index (χ4v) is 4.21. The van der Waals surface area contributed by atoms with Gasteiger partial charge in [0.25, 0.3) is 0 Å². The van der Waals surface area contributed by atoms with E-state index in [2.05, 4.69) is 24.4 Å². The maximum atomic E-state index is 13.1. The summed E-state index contributed by atoms with van der Waals surface area (Å²) >= 11 is 1.49. The minimum Gasteiger partial charge on any atom is -0.493 e. The smallest absolute Gasteiger partial charge is 0.233 e. The number of nitrogens with one attached hydrogen (secondary N) is 1. The molecule has 5 heteroatoms. The van der Waals surface area contributed by atoms with Gasteiger partial charge in [-0.25, -0.2) is 0 Å². The van der Waals surface area contributed by atoms with Crippen LogP contribution >= 0.6 is 11.8 Å². The van der Waals surface area contributed by atoms with Crippen LogP contribution in [0.4, 0.5) is 0 Å². The molecule has 1 amide bonds. The van der Waals surface area contributed by atoms with Crippen molar-refractivity contribution >= 4 is 17.7 Å². The second-order valence-corrected chi connectivity index (χ2v) is 8.40. The monoisotopic (exact) mass is 421 g/mol. The number of carbonyl (C=O) groups excluding carboxylic acids is 1. The Hall–Kier alpha value is -2.92. The van der Waals surface area contributed by atoms with Gasteiger partial charge in [0.05, 0.1) is 25.5 Å². The third-order valence-corrected chi connectivity index (χ3v) is 6.05. The summed E-state index contributed by atoms with van der Waals surface area (Å²) in [5, 5.41) is 2.97. The van der Waals surface area contributed by atoms with Crippen molar-refractivity contribution in [1.29, 1.82) is 0 Å². The molecule has 0 radical (unpaired) electrons. The SMILES string of the molecule is COc1ccc(S[C@@H](C)C(=O)N[C@@H](c2ccccc2)c2ccccc2C)cc1OC. The Kier molecular flexibility index (Phi) is 7.41. The van der Waals surface area contributed by atoms with Crippen molar-refractivity contribution in [1.82, 2.24) is 5.32 Å². The zero-order valence-electron chi connectivity index (χ0n) is 17.7. The van der Waals surface area contributed by atoms with Crippen LogP contribution in [0.3, 0.4) is 0 Å². The summed E-state index contributed by atoms with van der Waals surface area (Å²) in [7, 11) is 3.21. The van der Waals surface area contributed by atoms with E-state index in [4.69, 9.17) is 9.47 Å². The minimum atomic E-state index is -0.279. The van der Waals surface area contributed by atoms with Gasteiger partial charge in [-0.3, -0.25) is 4.79 Å². The van der Waals surface area contributed by atoms with E-state index < -0.39 is 0 Å². The molecule has 0 heterocycles. The van der Waals surface area contributed by atoms with Gasteiger partial charge < -0.3 is 14.8 Å². The zero-order chi connectivity index (χ0) is 21.5. The highest BCUT2D eigenvalue weighted by Gasteiger charge is 2.22. The van der Waals surface area contributed by atoms with Gasteiger partial charge in [-0.2, -0.15) is 0 Å². The van der Waals surface area contributed by atoms with E-state index in [0.717, 1.165) is 21.6 Å². The van der Waals surface area contributed by atoms with Gasteiger partial charge in [0.15, 0.2) is 11.5 Å². The molecule has 0 aliphatic carbocycles. The third kappa shape index (κ3) is 5.16. The second kappa shape index (κ2) is 10.2. The fraction of sp³-hybridized carbons (Fsp3) is 0.240. The van der Waals surface area contributed by atoms with E-state index in [9.17, 15) is 4.79 Å². The number of thioether (sulfide) groups is 1. The molecule has 0 aliphatic rings.